The zero-order chi connectivity index (χ0) is 18.1. The number of anilines is 1. The number of hydrogen-bond acceptors (Lipinski definition) is 5. The van der Waals surface area contributed by atoms with Gasteiger partial charge in [-0.1, -0.05) is 23.9 Å². The van der Waals surface area contributed by atoms with Crippen molar-refractivity contribution in [3.05, 3.63) is 50.3 Å². The third-order valence-electron chi connectivity index (χ3n) is 4.84. The lowest BCUT2D eigenvalue weighted by Gasteiger charge is -2.17. The number of hydrogen-bond donors (Lipinski definition) is 2. The van der Waals surface area contributed by atoms with Gasteiger partial charge in [0.05, 0.1) is 11.2 Å². The molecule has 134 valence electrons. The van der Waals surface area contributed by atoms with E-state index in [0.29, 0.717) is 10.6 Å². The molecule has 0 unspecified atom stereocenters. The Balaban J connectivity index is 1.66. The topological polar surface area (TPSA) is 87.7 Å². The second kappa shape index (κ2) is 6.99. The van der Waals surface area contributed by atoms with Crippen molar-refractivity contribution in [2.75, 3.05) is 5.32 Å². The SMILES string of the molecule is CCCc1nnsc1C(=O)Nc1ccc2c3c(c(=O)[nH]c2c1)CCCC3. The van der Waals surface area contributed by atoms with Crippen molar-refractivity contribution in [1.82, 2.24) is 14.6 Å². The summed E-state index contributed by atoms with van der Waals surface area (Å²) in [7, 11) is 0. The number of nitrogens with zero attached hydrogens (tertiary/aromatic N) is 2. The van der Waals surface area contributed by atoms with Crippen molar-refractivity contribution < 1.29 is 4.79 Å². The Bertz CT molecular complexity index is 1040. The highest BCUT2D eigenvalue weighted by Crippen LogP contribution is 2.27. The van der Waals surface area contributed by atoms with E-state index in [1.165, 1.54) is 0 Å². The van der Waals surface area contributed by atoms with Gasteiger partial charge in [0.1, 0.15) is 4.88 Å². The van der Waals surface area contributed by atoms with Gasteiger partial charge in [0.25, 0.3) is 11.5 Å². The number of aromatic nitrogens is 3. The van der Waals surface area contributed by atoms with Crippen molar-refractivity contribution in [3.8, 4) is 0 Å². The fourth-order valence-electron chi connectivity index (χ4n) is 3.61. The third-order valence-corrected chi connectivity index (χ3v) is 5.61. The molecule has 1 aliphatic rings. The monoisotopic (exact) mass is 368 g/mol. The summed E-state index contributed by atoms with van der Waals surface area (Å²) < 4.78 is 3.90. The van der Waals surface area contributed by atoms with Gasteiger partial charge in [-0.25, -0.2) is 0 Å². The first-order valence-corrected chi connectivity index (χ1v) is 9.75. The predicted molar refractivity (Wildman–Crippen MR) is 103 cm³/mol. The normalized spacial score (nSPS) is 13.6. The van der Waals surface area contributed by atoms with Crippen LogP contribution in [0.4, 0.5) is 5.69 Å². The molecule has 1 amide bonds. The predicted octanol–water partition coefficient (Wildman–Crippen LogP) is 3.46. The molecule has 2 aromatic heterocycles. The molecular formula is C19H20N4O2S. The van der Waals surface area contributed by atoms with Crippen LogP contribution in [0.5, 0.6) is 0 Å². The lowest BCUT2D eigenvalue weighted by molar-refractivity contribution is 0.102. The minimum atomic E-state index is -0.205. The smallest absolute Gasteiger partial charge is 0.269 e. The summed E-state index contributed by atoms with van der Waals surface area (Å²) in [6, 6.07) is 5.71. The summed E-state index contributed by atoms with van der Waals surface area (Å²) in [5.74, 6) is -0.205. The number of H-pyrrole nitrogens is 1. The Kier molecular flexibility index (Phi) is 4.55. The molecule has 4 rings (SSSR count). The van der Waals surface area contributed by atoms with Crippen molar-refractivity contribution in [2.45, 2.75) is 45.4 Å². The Labute approximate surface area is 154 Å². The van der Waals surface area contributed by atoms with Crippen molar-refractivity contribution in [1.29, 1.82) is 0 Å². The number of nitrogens with one attached hydrogen (secondary N) is 2. The summed E-state index contributed by atoms with van der Waals surface area (Å²) in [5, 5.41) is 8.02. The molecule has 0 saturated carbocycles. The van der Waals surface area contributed by atoms with Gasteiger partial charge in [0.15, 0.2) is 0 Å². The zero-order valence-electron chi connectivity index (χ0n) is 14.6. The van der Waals surface area contributed by atoms with Crippen LogP contribution < -0.4 is 10.9 Å². The highest BCUT2D eigenvalue weighted by Gasteiger charge is 2.18. The van der Waals surface area contributed by atoms with Crippen LogP contribution >= 0.6 is 11.5 Å². The number of pyridine rings is 1. The second-order valence-electron chi connectivity index (χ2n) is 6.63. The van der Waals surface area contributed by atoms with Gasteiger partial charge in [0.2, 0.25) is 0 Å². The fourth-order valence-corrected chi connectivity index (χ4v) is 4.21. The number of fused-ring (bicyclic) bond motifs is 3. The maximum absolute atomic E-state index is 12.6. The Morgan fingerprint density at radius 2 is 2.08 bits per heavy atom. The number of amides is 1. The number of aryl methyl sites for hydroxylation is 2. The first-order chi connectivity index (χ1) is 12.7. The van der Waals surface area contributed by atoms with Crippen LogP contribution in [0, 0.1) is 0 Å². The first-order valence-electron chi connectivity index (χ1n) is 8.97. The fraction of sp³-hybridized carbons (Fsp3) is 0.368. The summed E-state index contributed by atoms with van der Waals surface area (Å²) in [6.45, 7) is 2.04. The highest BCUT2D eigenvalue weighted by molar-refractivity contribution is 7.08. The van der Waals surface area contributed by atoms with Crippen LogP contribution in [0.15, 0.2) is 23.0 Å². The van der Waals surface area contributed by atoms with Gasteiger partial charge in [-0.3, -0.25) is 9.59 Å². The molecule has 6 nitrogen and oxygen atoms in total. The molecule has 0 saturated heterocycles. The van der Waals surface area contributed by atoms with E-state index in [-0.39, 0.29) is 11.5 Å². The molecule has 0 atom stereocenters. The van der Waals surface area contributed by atoms with E-state index in [1.807, 2.05) is 25.1 Å². The molecule has 7 heteroatoms. The van der Waals surface area contributed by atoms with Gasteiger partial charge in [-0.2, -0.15) is 0 Å². The van der Waals surface area contributed by atoms with E-state index in [2.05, 4.69) is 19.9 Å². The number of rotatable bonds is 4. The van der Waals surface area contributed by atoms with Gasteiger partial charge < -0.3 is 10.3 Å². The maximum Gasteiger partial charge on any atom is 0.269 e. The van der Waals surface area contributed by atoms with Crippen LogP contribution in [-0.4, -0.2) is 20.5 Å². The Hall–Kier alpha value is -2.54. The average Bonchev–Trinajstić information content (AvgIpc) is 3.11. The molecule has 26 heavy (non-hydrogen) atoms. The van der Waals surface area contributed by atoms with E-state index in [9.17, 15) is 9.59 Å². The average molecular weight is 368 g/mol. The molecular weight excluding hydrogens is 348 g/mol. The molecule has 0 spiro atoms. The summed E-state index contributed by atoms with van der Waals surface area (Å²) >= 11 is 1.11. The van der Waals surface area contributed by atoms with E-state index >= 15 is 0 Å². The Morgan fingerprint density at radius 1 is 1.27 bits per heavy atom. The second-order valence-corrected chi connectivity index (χ2v) is 7.39. The van der Waals surface area contributed by atoms with Crippen molar-refractivity contribution in [3.63, 3.8) is 0 Å². The molecule has 3 aromatic rings. The summed E-state index contributed by atoms with van der Waals surface area (Å²) in [5.41, 5.74) is 4.23. The standard InChI is InChI=1S/C19H20N4O2S/c1-2-5-15-17(26-23-22-15)19(25)20-11-8-9-13-12-6-3-4-7-14(12)18(24)21-16(13)10-11/h8-10H,2-7H2,1H3,(H,20,25)(H,21,24). The lowest BCUT2D eigenvalue weighted by Crippen LogP contribution is -2.19. The van der Waals surface area contributed by atoms with Crippen LogP contribution in [-0.2, 0) is 19.3 Å². The molecule has 2 heterocycles. The molecule has 0 bridgehead atoms. The van der Waals surface area contributed by atoms with E-state index in [1.54, 1.807) is 0 Å². The minimum absolute atomic E-state index is 0.00688. The minimum Gasteiger partial charge on any atom is -0.322 e. The summed E-state index contributed by atoms with van der Waals surface area (Å²) in [6.07, 6.45) is 5.61. The molecule has 1 aromatic carbocycles. The van der Waals surface area contributed by atoms with Gasteiger partial charge in [-0.15, -0.1) is 5.10 Å². The zero-order valence-corrected chi connectivity index (χ0v) is 15.4. The molecule has 1 aliphatic carbocycles. The molecule has 0 radical (unpaired) electrons. The number of aromatic amines is 1. The lowest BCUT2D eigenvalue weighted by atomic mass is 9.90. The van der Waals surface area contributed by atoms with Crippen molar-refractivity contribution in [2.24, 2.45) is 0 Å². The quantitative estimate of drug-likeness (QED) is 0.738. The summed E-state index contributed by atoms with van der Waals surface area (Å²) in [4.78, 5) is 28.4. The largest absolute Gasteiger partial charge is 0.322 e. The first kappa shape index (κ1) is 16.9. The van der Waals surface area contributed by atoms with Crippen LogP contribution in [0.25, 0.3) is 10.9 Å². The highest BCUT2D eigenvalue weighted by atomic mass is 32.1. The number of carbonyl (C=O) groups is 1. The molecule has 0 fully saturated rings. The number of carbonyl (C=O) groups excluding carboxylic acids is 1. The van der Waals surface area contributed by atoms with Gasteiger partial charge in [0, 0.05) is 16.6 Å². The van der Waals surface area contributed by atoms with E-state index in [4.69, 9.17) is 0 Å². The third kappa shape index (κ3) is 3.03. The number of benzene rings is 1. The van der Waals surface area contributed by atoms with E-state index in [0.717, 1.165) is 77.8 Å². The van der Waals surface area contributed by atoms with Crippen molar-refractivity contribution >= 4 is 34.0 Å². The molecule has 0 aliphatic heterocycles. The van der Waals surface area contributed by atoms with Crippen LogP contribution in [0.3, 0.4) is 0 Å². The van der Waals surface area contributed by atoms with Gasteiger partial charge >= 0.3 is 0 Å². The van der Waals surface area contributed by atoms with E-state index < -0.39 is 0 Å². The van der Waals surface area contributed by atoms with Crippen LogP contribution in [0.1, 0.15) is 52.7 Å². The van der Waals surface area contributed by atoms with Gasteiger partial charge in [-0.05, 0) is 61.3 Å². The maximum atomic E-state index is 12.6. The molecule has 2 N–H and O–H groups in total. The Morgan fingerprint density at radius 3 is 2.88 bits per heavy atom. The van der Waals surface area contributed by atoms with Crippen LogP contribution in [0.2, 0.25) is 0 Å².